The first kappa shape index (κ1) is 21.4. The zero-order valence-electron chi connectivity index (χ0n) is 15.3. The van der Waals surface area contributed by atoms with Gasteiger partial charge in [0.2, 0.25) is 0 Å². The number of carbonyl (C=O) groups is 3. The number of thiophene rings is 1. The molecule has 6 nitrogen and oxygen atoms in total. The van der Waals surface area contributed by atoms with E-state index in [0.717, 1.165) is 0 Å². The van der Waals surface area contributed by atoms with Gasteiger partial charge in [0, 0.05) is 32.3 Å². The van der Waals surface area contributed by atoms with Crippen molar-refractivity contribution >= 4 is 58.4 Å². The lowest BCUT2D eigenvalue weighted by Crippen LogP contribution is -2.51. The van der Waals surface area contributed by atoms with E-state index >= 15 is 0 Å². The first-order chi connectivity index (χ1) is 13.9. The molecule has 1 aliphatic heterocycles. The van der Waals surface area contributed by atoms with E-state index in [1.165, 1.54) is 23.5 Å². The molecule has 0 spiro atoms. The molecule has 1 aromatic heterocycles. The topological polar surface area (TPSA) is 66.9 Å². The minimum Gasteiger partial charge on any atom is -0.452 e. The van der Waals surface area contributed by atoms with Gasteiger partial charge in [0.25, 0.3) is 11.8 Å². The Balaban J connectivity index is 1.42. The van der Waals surface area contributed by atoms with Crippen molar-refractivity contribution < 1.29 is 19.1 Å². The van der Waals surface area contributed by atoms with Gasteiger partial charge in [-0.2, -0.15) is 0 Å². The third-order valence-electron chi connectivity index (χ3n) is 4.34. The molecule has 2 aromatic rings. The van der Waals surface area contributed by atoms with Crippen LogP contribution in [0.25, 0.3) is 6.08 Å². The van der Waals surface area contributed by atoms with Crippen LogP contribution in [0.2, 0.25) is 10.0 Å². The highest BCUT2D eigenvalue weighted by molar-refractivity contribution is 7.12. The zero-order chi connectivity index (χ0) is 20.8. The average Bonchev–Trinajstić information content (AvgIpc) is 3.27. The maximum absolute atomic E-state index is 12.3. The van der Waals surface area contributed by atoms with E-state index < -0.39 is 5.97 Å². The number of halogens is 2. The molecule has 0 saturated carbocycles. The Labute approximate surface area is 182 Å². The largest absolute Gasteiger partial charge is 0.452 e. The molecule has 1 fully saturated rings. The summed E-state index contributed by atoms with van der Waals surface area (Å²) in [6.45, 7) is 1.38. The first-order valence-electron chi connectivity index (χ1n) is 8.84. The van der Waals surface area contributed by atoms with Crippen LogP contribution in [-0.4, -0.2) is 60.4 Å². The average molecular weight is 453 g/mol. The summed E-state index contributed by atoms with van der Waals surface area (Å²) in [6, 6.07) is 8.58. The number of hydrogen-bond donors (Lipinski definition) is 0. The van der Waals surface area contributed by atoms with Crippen LogP contribution in [0.15, 0.2) is 41.8 Å². The number of esters is 1. The maximum Gasteiger partial charge on any atom is 0.331 e. The van der Waals surface area contributed by atoms with Crippen molar-refractivity contribution in [3.63, 3.8) is 0 Å². The molecule has 29 heavy (non-hydrogen) atoms. The normalized spacial score (nSPS) is 14.3. The van der Waals surface area contributed by atoms with Crippen LogP contribution < -0.4 is 0 Å². The third kappa shape index (κ3) is 5.82. The molecule has 9 heteroatoms. The molecule has 0 N–H and O–H groups in total. The van der Waals surface area contributed by atoms with Crippen molar-refractivity contribution in [1.29, 1.82) is 0 Å². The van der Waals surface area contributed by atoms with Gasteiger partial charge in [-0.3, -0.25) is 9.59 Å². The Morgan fingerprint density at radius 1 is 1.03 bits per heavy atom. The number of nitrogens with zero attached hydrogens (tertiary/aromatic N) is 2. The van der Waals surface area contributed by atoms with Crippen molar-refractivity contribution in [3.05, 3.63) is 62.3 Å². The van der Waals surface area contributed by atoms with E-state index in [0.29, 0.717) is 46.7 Å². The Hall–Kier alpha value is -2.35. The monoisotopic (exact) mass is 452 g/mol. The molecular weight excluding hydrogens is 435 g/mol. The Kier molecular flexibility index (Phi) is 7.30. The van der Waals surface area contributed by atoms with Crippen LogP contribution in [0.4, 0.5) is 0 Å². The van der Waals surface area contributed by atoms with Gasteiger partial charge in [-0.25, -0.2) is 4.79 Å². The summed E-state index contributed by atoms with van der Waals surface area (Å²) in [5.74, 6) is -0.939. The molecule has 0 radical (unpaired) electrons. The molecule has 152 valence electrons. The Bertz CT molecular complexity index is 923. The van der Waals surface area contributed by atoms with Gasteiger partial charge in [0.15, 0.2) is 6.61 Å². The summed E-state index contributed by atoms with van der Waals surface area (Å²) in [6.07, 6.45) is 2.76. The maximum atomic E-state index is 12.3. The molecule has 1 saturated heterocycles. The second-order valence-electron chi connectivity index (χ2n) is 6.26. The lowest BCUT2D eigenvalue weighted by Gasteiger charge is -2.34. The number of piperazine rings is 1. The third-order valence-corrected chi connectivity index (χ3v) is 5.94. The summed E-state index contributed by atoms with van der Waals surface area (Å²) >= 11 is 13.2. The molecule has 0 atom stereocenters. The molecule has 2 amide bonds. The predicted octanol–water partition coefficient (Wildman–Crippen LogP) is 3.60. The van der Waals surface area contributed by atoms with E-state index in [9.17, 15) is 14.4 Å². The SMILES string of the molecule is O=C(/C=C/c1ccc(Cl)c(Cl)c1)OCC(=O)N1CCN(C(=O)c2cccs2)CC1. The summed E-state index contributed by atoms with van der Waals surface area (Å²) in [4.78, 5) is 40.4. The van der Waals surface area contributed by atoms with Crippen molar-refractivity contribution in [2.75, 3.05) is 32.8 Å². The summed E-state index contributed by atoms with van der Waals surface area (Å²) in [7, 11) is 0. The van der Waals surface area contributed by atoms with Crippen LogP contribution in [0.1, 0.15) is 15.2 Å². The number of amides is 2. The Morgan fingerprint density at radius 3 is 2.41 bits per heavy atom. The molecule has 1 aliphatic rings. The highest BCUT2D eigenvalue weighted by Gasteiger charge is 2.25. The number of benzene rings is 1. The van der Waals surface area contributed by atoms with Crippen LogP contribution in [0.3, 0.4) is 0 Å². The molecule has 3 rings (SSSR count). The minimum atomic E-state index is -0.629. The van der Waals surface area contributed by atoms with Gasteiger partial charge in [-0.1, -0.05) is 35.3 Å². The summed E-state index contributed by atoms with van der Waals surface area (Å²) in [5.41, 5.74) is 0.689. The molecular formula is C20H18Cl2N2O4S. The van der Waals surface area contributed by atoms with E-state index in [-0.39, 0.29) is 18.4 Å². The van der Waals surface area contributed by atoms with E-state index in [1.807, 2.05) is 11.4 Å². The second kappa shape index (κ2) is 9.91. The summed E-state index contributed by atoms with van der Waals surface area (Å²) < 4.78 is 5.01. The predicted molar refractivity (Wildman–Crippen MR) is 113 cm³/mol. The van der Waals surface area contributed by atoms with Crippen LogP contribution in [0, 0.1) is 0 Å². The zero-order valence-corrected chi connectivity index (χ0v) is 17.7. The van der Waals surface area contributed by atoms with Gasteiger partial charge in [0.1, 0.15) is 0 Å². The van der Waals surface area contributed by atoms with Gasteiger partial charge in [-0.05, 0) is 35.2 Å². The van der Waals surface area contributed by atoms with Crippen molar-refractivity contribution in [2.45, 2.75) is 0 Å². The van der Waals surface area contributed by atoms with E-state index in [2.05, 4.69) is 0 Å². The molecule has 2 heterocycles. The van der Waals surface area contributed by atoms with Gasteiger partial charge in [-0.15, -0.1) is 11.3 Å². The number of rotatable bonds is 5. The quantitative estimate of drug-likeness (QED) is 0.513. The van der Waals surface area contributed by atoms with Gasteiger partial charge >= 0.3 is 5.97 Å². The fraction of sp³-hybridized carbons (Fsp3) is 0.250. The first-order valence-corrected chi connectivity index (χ1v) is 10.5. The Morgan fingerprint density at radius 2 is 1.76 bits per heavy atom. The fourth-order valence-corrected chi connectivity index (χ4v) is 3.76. The number of hydrogen-bond acceptors (Lipinski definition) is 5. The van der Waals surface area contributed by atoms with Gasteiger partial charge in [0.05, 0.1) is 14.9 Å². The molecule has 0 aliphatic carbocycles. The smallest absolute Gasteiger partial charge is 0.331 e. The molecule has 0 unspecified atom stereocenters. The van der Waals surface area contributed by atoms with Crippen molar-refractivity contribution in [2.24, 2.45) is 0 Å². The lowest BCUT2D eigenvalue weighted by molar-refractivity contribution is -0.148. The molecule has 0 bridgehead atoms. The highest BCUT2D eigenvalue weighted by Crippen LogP contribution is 2.23. The van der Waals surface area contributed by atoms with Crippen LogP contribution in [-0.2, 0) is 14.3 Å². The van der Waals surface area contributed by atoms with E-state index in [1.54, 1.807) is 34.1 Å². The van der Waals surface area contributed by atoms with Crippen molar-refractivity contribution in [3.8, 4) is 0 Å². The number of carbonyl (C=O) groups excluding carboxylic acids is 3. The lowest BCUT2D eigenvalue weighted by atomic mass is 10.2. The minimum absolute atomic E-state index is 0.0223. The van der Waals surface area contributed by atoms with E-state index in [4.69, 9.17) is 27.9 Å². The van der Waals surface area contributed by atoms with Crippen LogP contribution >= 0.6 is 34.5 Å². The van der Waals surface area contributed by atoms with Gasteiger partial charge < -0.3 is 14.5 Å². The van der Waals surface area contributed by atoms with Crippen molar-refractivity contribution in [1.82, 2.24) is 9.80 Å². The highest BCUT2D eigenvalue weighted by atomic mass is 35.5. The van der Waals surface area contributed by atoms with Crippen LogP contribution in [0.5, 0.6) is 0 Å². The fourth-order valence-electron chi connectivity index (χ4n) is 2.77. The molecule has 1 aromatic carbocycles. The summed E-state index contributed by atoms with van der Waals surface area (Å²) in [5, 5.41) is 2.67. The standard InChI is InChI=1S/C20H18Cl2N2O4S/c21-15-5-3-14(12-16(15)22)4-6-19(26)28-13-18(25)23-7-9-24(10-8-23)20(27)17-2-1-11-29-17/h1-6,11-12H,7-10,13H2/b6-4+. The number of ether oxygens (including phenoxy) is 1. The second-order valence-corrected chi connectivity index (χ2v) is 8.03.